The highest BCUT2D eigenvalue weighted by Crippen LogP contribution is 2.24. The molecule has 2 amide bonds. The Morgan fingerprint density at radius 1 is 1.16 bits per heavy atom. The fourth-order valence-corrected chi connectivity index (χ4v) is 2.33. The summed E-state index contributed by atoms with van der Waals surface area (Å²) in [5, 5.41) is 4.97. The molecule has 0 saturated carbocycles. The van der Waals surface area contributed by atoms with Crippen LogP contribution in [0.25, 0.3) is 0 Å². The van der Waals surface area contributed by atoms with Gasteiger partial charge in [0.2, 0.25) is 5.91 Å². The van der Waals surface area contributed by atoms with E-state index in [1.54, 1.807) is 24.3 Å². The van der Waals surface area contributed by atoms with Crippen molar-refractivity contribution in [3.05, 3.63) is 58.9 Å². The fourth-order valence-electron chi connectivity index (χ4n) is 2.08. The Morgan fingerprint density at radius 2 is 1.88 bits per heavy atom. The second-order valence-electron chi connectivity index (χ2n) is 5.49. The molecule has 0 saturated heterocycles. The quantitative estimate of drug-likeness (QED) is 0.822. The normalized spacial score (nSPS) is 10.4. The molecule has 0 aromatic heterocycles. The molecule has 0 aliphatic heterocycles. The van der Waals surface area contributed by atoms with Crippen LogP contribution in [0.3, 0.4) is 0 Å². The molecule has 0 bridgehead atoms. The zero-order chi connectivity index (χ0) is 18.4. The van der Waals surface area contributed by atoms with Crippen molar-refractivity contribution in [2.45, 2.75) is 20.0 Å². The van der Waals surface area contributed by atoms with Crippen LogP contribution in [0.2, 0.25) is 5.02 Å². The van der Waals surface area contributed by atoms with Crippen LogP contribution in [0, 0.1) is 5.82 Å². The van der Waals surface area contributed by atoms with Gasteiger partial charge in [0.15, 0.2) is 0 Å². The second kappa shape index (κ2) is 8.48. The summed E-state index contributed by atoms with van der Waals surface area (Å²) in [6.45, 7) is 3.41. The summed E-state index contributed by atoms with van der Waals surface area (Å²) in [5.74, 6) is -1.46. The van der Waals surface area contributed by atoms with Crippen molar-refractivity contribution < 1.29 is 18.7 Å². The summed E-state index contributed by atoms with van der Waals surface area (Å²) in [5.41, 5.74) is 0.194. The number of ether oxygens (including phenoxy) is 1. The van der Waals surface area contributed by atoms with E-state index in [1.807, 2.05) is 13.8 Å². The number of anilines is 1. The number of hydrogen-bond donors (Lipinski definition) is 2. The number of benzene rings is 2. The molecule has 0 aliphatic rings. The number of carbonyl (C=O) groups excluding carboxylic acids is 2. The van der Waals surface area contributed by atoms with Crippen LogP contribution in [0.15, 0.2) is 42.5 Å². The first-order chi connectivity index (χ1) is 11.9. The first kappa shape index (κ1) is 18.7. The molecule has 25 heavy (non-hydrogen) atoms. The standard InChI is InChI=1S/C18H18ClFN2O3/c1-11(2)25-15-9-4-3-8-14(15)22-16(23)10-21-18(24)17-12(19)6-5-7-13(17)20/h3-9,11H,10H2,1-2H3,(H,21,24)(H,22,23). The van der Waals surface area contributed by atoms with Crippen LogP contribution in [-0.4, -0.2) is 24.5 Å². The van der Waals surface area contributed by atoms with Gasteiger partial charge >= 0.3 is 0 Å². The molecule has 0 aliphatic carbocycles. The highest BCUT2D eigenvalue weighted by molar-refractivity contribution is 6.33. The van der Waals surface area contributed by atoms with Crippen LogP contribution < -0.4 is 15.4 Å². The molecule has 2 N–H and O–H groups in total. The van der Waals surface area contributed by atoms with Gasteiger partial charge in [-0.3, -0.25) is 9.59 Å². The number of halogens is 2. The maximum atomic E-state index is 13.7. The van der Waals surface area contributed by atoms with Gasteiger partial charge in [-0.15, -0.1) is 0 Å². The predicted molar refractivity (Wildman–Crippen MR) is 94.6 cm³/mol. The van der Waals surface area contributed by atoms with Crippen LogP contribution in [0.4, 0.5) is 10.1 Å². The molecule has 0 fully saturated rings. The number of hydrogen-bond acceptors (Lipinski definition) is 3. The Balaban J connectivity index is 1.99. The summed E-state index contributed by atoms with van der Waals surface area (Å²) in [7, 11) is 0. The maximum Gasteiger partial charge on any atom is 0.256 e. The van der Waals surface area contributed by atoms with E-state index in [0.717, 1.165) is 6.07 Å². The molecule has 0 heterocycles. The average molecular weight is 365 g/mol. The van der Waals surface area contributed by atoms with Gasteiger partial charge in [-0.2, -0.15) is 0 Å². The van der Waals surface area contributed by atoms with E-state index < -0.39 is 17.6 Å². The molecule has 132 valence electrons. The zero-order valence-electron chi connectivity index (χ0n) is 13.8. The van der Waals surface area contributed by atoms with Crippen molar-refractivity contribution >= 4 is 29.1 Å². The second-order valence-corrected chi connectivity index (χ2v) is 5.90. The van der Waals surface area contributed by atoms with Crippen LogP contribution in [-0.2, 0) is 4.79 Å². The molecule has 7 heteroatoms. The van der Waals surface area contributed by atoms with Gasteiger partial charge in [-0.05, 0) is 38.1 Å². The van der Waals surface area contributed by atoms with Gasteiger partial charge in [0, 0.05) is 0 Å². The summed E-state index contributed by atoms with van der Waals surface area (Å²) in [6.07, 6.45) is -0.0547. The van der Waals surface area contributed by atoms with Crippen LogP contribution in [0.5, 0.6) is 5.75 Å². The van der Waals surface area contributed by atoms with Gasteiger partial charge in [-0.25, -0.2) is 4.39 Å². The third kappa shape index (κ3) is 5.19. The maximum absolute atomic E-state index is 13.7. The number of rotatable bonds is 6. The summed E-state index contributed by atoms with van der Waals surface area (Å²) >= 11 is 5.82. The smallest absolute Gasteiger partial charge is 0.256 e. The van der Waals surface area contributed by atoms with Crippen molar-refractivity contribution in [3.8, 4) is 5.75 Å². The highest BCUT2D eigenvalue weighted by atomic mass is 35.5. The molecule has 2 rings (SSSR count). The number of nitrogens with one attached hydrogen (secondary N) is 2. The first-order valence-corrected chi connectivity index (χ1v) is 8.04. The Kier molecular flexibility index (Phi) is 6.36. The van der Waals surface area contributed by atoms with Crippen LogP contribution in [0.1, 0.15) is 24.2 Å². The van der Waals surface area contributed by atoms with E-state index in [0.29, 0.717) is 11.4 Å². The minimum atomic E-state index is -0.759. The largest absolute Gasteiger partial charge is 0.489 e. The Hall–Kier alpha value is -2.60. The molecule has 0 atom stereocenters. The molecule has 2 aromatic rings. The average Bonchev–Trinajstić information content (AvgIpc) is 2.54. The third-order valence-corrected chi connectivity index (χ3v) is 3.44. The first-order valence-electron chi connectivity index (χ1n) is 7.66. The van der Waals surface area contributed by atoms with Gasteiger partial charge < -0.3 is 15.4 Å². The highest BCUT2D eigenvalue weighted by Gasteiger charge is 2.17. The Bertz CT molecular complexity index is 760. The van der Waals surface area contributed by atoms with E-state index >= 15 is 0 Å². The third-order valence-electron chi connectivity index (χ3n) is 3.12. The lowest BCUT2D eigenvalue weighted by Gasteiger charge is -2.15. The van der Waals surface area contributed by atoms with Crippen molar-refractivity contribution in [2.75, 3.05) is 11.9 Å². The Morgan fingerprint density at radius 3 is 2.56 bits per heavy atom. The van der Waals surface area contributed by atoms with Gasteiger partial charge in [0.25, 0.3) is 5.91 Å². The molecule has 0 spiro atoms. The monoisotopic (exact) mass is 364 g/mol. The van der Waals surface area contributed by atoms with Crippen molar-refractivity contribution in [1.82, 2.24) is 5.32 Å². The summed E-state index contributed by atoms with van der Waals surface area (Å²) in [4.78, 5) is 24.1. The van der Waals surface area contributed by atoms with Crippen molar-refractivity contribution in [2.24, 2.45) is 0 Å². The lowest BCUT2D eigenvalue weighted by atomic mass is 10.2. The Labute approximate surface area is 150 Å². The lowest BCUT2D eigenvalue weighted by molar-refractivity contribution is -0.115. The topological polar surface area (TPSA) is 67.4 Å². The van der Waals surface area contributed by atoms with E-state index in [-0.39, 0.29) is 23.2 Å². The molecule has 2 aromatic carbocycles. The summed E-state index contributed by atoms with van der Waals surface area (Å²) in [6, 6.07) is 10.9. The van der Waals surface area contributed by atoms with Crippen LogP contribution >= 0.6 is 11.6 Å². The molecule has 0 radical (unpaired) electrons. The van der Waals surface area contributed by atoms with Gasteiger partial charge in [0.05, 0.1) is 28.9 Å². The number of carbonyl (C=O) groups is 2. The minimum Gasteiger partial charge on any atom is -0.489 e. The summed E-state index contributed by atoms with van der Waals surface area (Å²) < 4.78 is 19.3. The van der Waals surface area contributed by atoms with E-state index in [4.69, 9.17) is 16.3 Å². The molecule has 5 nitrogen and oxygen atoms in total. The SMILES string of the molecule is CC(C)Oc1ccccc1NC(=O)CNC(=O)c1c(F)cccc1Cl. The zero-order valence-corrected chi connectivity index (χ0v) is 14.6. The van der Waals surface area contributed by atoms with E-state index in [1.165, 1.54) is 12.1 Å². The van der Waals surface area contributed by atoms with Gasteiger partial charge in [0.1, 0.15) is 11.6 Å². The fraction of sp³-hybridized carbons (Fsp3) is 0.222. The van der Waals surface area contributed by atoms with E-state index in [2.05, 4.69) is 10.6 Å². The molecular formula is C18H18ClFN2O3. The lowest BCUT2D eigenvalue weighted by Crippen LogP contribution is -2.33. The molecule has 0 unspecified atom stereocenters. The predicted octanol–water partition coefficient (Wildman–Crippen LogP) is 3.63. The van der Waals surface area contributed by atoms with Gasteiger partial charge in [-0.1, -0.05) is 29.8 Å². The van der Waals surface area contributed by atoms with E-state index in [9.17, 15) is 14.0 Å². The van der Waals surface area contributed by atoms with Crippen molar-refractivity contribution in [3.63, 3.8) is 0 Å². The van der Waals surface area contributed by atoms with Crippen molar-refractivity contribution in [1.29, 1.82) is 0 Å². The molecular weight excluding hydrogens is 347 g/mol. The number of para-hydroxylation sites is 2. The minimum absolute atomic E-state index is 0.0198. The number of amides is 2.